The van der Waals surface area contributed by atoms with Crippen LogP contribution >= 0.6 is 0 Å². The van der Waals surface area contributed by atoms with E-state index < -0.39 is 0 Å². The number of hydrogen-bond acceptors (Lipinski definition) is 4. The molecule has 2 aromatic carbocycles. The van der Waals surface area contributed by atoms with E-state index >= 15 is 0 Å². The van der Waals surface area contributed by atoms with Crippen molar-refractivity contribution in [3.63, 3.8) is 0 Å². The minimum Gasteiger partial charge on any atom is -0.497 e. The van der Waals surface area contributed by atoms with Crippen molar-refractivity contribution >= 4 is 11.7 Å². The van der Waals surface area contributed by atoms with Gasteiger partial charge in [0.2, 0.25) is 5.91 Å². The number of aryl methyl sites for hydroxylation is 1. The van der Waals surface area contributed by atoms with E-state index in [1.165, 1.54) is 11.1 Å². The summed E-state index contributed by atoms with van der Waals surface area (Å²) in [6.45, 7) is 6.32. The van der Waals surface area contributed by atoms with Gasteiger partial charge in [0.25, 0.3) is 0 Å². The summed E-state index contributed by atoms with van der Waals surface area (Å²) in [6, 6.07) is 16.0. The maximum Gasteiger partial charge on any atom is 0.223 e. The van der Waals surface area contributed by atoms with E-state index in [4.69, 9.17) is 4.74 Å². The van der Waals surface area contributed by atoms with Gasteiger partial charge in [-0.2, -0.15) is 0 Å². The van der Waals surface area contributed by atoms with Crippen LogP contribution in [0.15, 0.2) is 48.5 Å². The predicted octanol–water partition coefficient (Wildman–Crippen LogP) is 4.35. The number of Topliss-reactive ketones (excluding diaryl/α,β-unsaturated/α-hetero) is 1. The van der Waals surface area contributed by atoms with Crippen molar-refractivity contribution in [1.29, 1.82) is 0 Å². The van der Waals surface area contributed by atoms with Crippen LogP contribution in [0.5, 0.6) is 5.75 Å². The maximum atomic E-state index is 12.7. The fourth-order valence-corrected chi connectivity index (χ4v) is 4.04. The van der Waals surface area contributed by atoms with Crippen molar-refractivity contribution in [2.45, 2.75) is 45.6 Å². The van der Waals surface area contributed by atoms with Crippen molar-refractivity contribution < 1.29 is 14.3 Å². The third-order valence-corrected chi connectivity index (χ3v) is 5.89. The van der Waals surface area contributed by atoms with Crippen LogP contribution in [0.2, 0.25) is 0 Å². The molecular formula is C26H34N2O3. The first-order valence-corrected chi connectivity index (χ1v) is 11.3. The Bertz CT molecular complexity index is 846. The quantitative estimate of drug-likeness (QED) is 0.564. The second-order valence-electron chi connectivity index (χ2n) is 8.23. The number of methoxy groups -OCH3 is 1. The number of rotatable bonds is 9. The molecule has 0 saturated carbocycles. The van der Waals surface area contributed by atoms with E-state index in [-0.39, 0.29) is 24.5 Å². The predicted molar refractivity (Wildman–Crippen MR) is 123 cm³/mol. The van der Waals surface area contributed by atoms with Crippen LogP contribution in [-0.4, -0.2) is 54.8 Å². The summed E-state index contributed by atoms with van der Waals surface area (Å²) in [6.07, 6.45) is 3.63. The molecular weight excluding hydrogens is 388 g/mol. The lowest BCUT2D eigenvalue weighted by Crippen LogP contribution is -2.35. The average molecular weight is 423 g/mol. The van der Waals surface area contributed by atoms with E-state index in [2.05, 4.69) is 24.0 Å². The number of ether oxygens (including phenoxy) is 1. The van der Waals surface area contributed by atoms with Gasteiger partial charge >= 0.3 is 0 Å². The van der Waals surface area contributed by atoms with E-state index in [1.54, 1.807) is 7.11 Å². The second kappa shape index (κ2) is 11.7. The van der Waals surface area contributed by atoms with Crippen LogP contribution in [-0.2, 0) is 17.8 Å². The molecule has 1 aliphatic heterocycles. The van der Waals surface area contributed by atoms with Gasteiger partial charge in [-0.15, -0.1) is 0 Å². The summed E-state index contributed by atoms with van der Waals surface area (Å²) >= 11 is 0. The maximum absolute atomic E-state index is 12.7. The van der Waals surface area contributed by atoms with Gasteiger partial charge in [0.1, 0.15) is 5.75 Å². The Morgan fingerprint density at radius 2 is 1.58 bits per heavy atom. The molecule has 31 heavy (non-hydrogen) atoms. The minimum atomic E-state index is 0.0485. The molecule has 0 radical (unpaired) electrons. The number of hydrogen-bond donors (Lipinski definition) is 0. The Morgan fingerprint density at radius 3 is 2.26 bits per heavy atom. The third-order valence-electron chi connectivity index (χ3n) is 5.89. The molecule has 0 unspecified atom stereocenters. The second-order valence-corrected chi connectivity index (χ2v) is 8.23. The van der Waals surface area contributed by atoms with Gasteiger partial charge in [-0.1, -0.05) is 49.7 Å². The molecule has 1 aliphatic rings. The van der Waals surface area contributed by atoms with Gasteiger partial charge < -0.3 is 9.64 Å². The normalized spacial score (nSPS) is 14.8. The molecule has 0 atom stereocenters. The zero-order valence-corrected chi connectivity index (χ0v) is 18.8. The molecule has 0 bridgehead atoms. The molecule has 1 fully saturated rings. The Labute approximate surface area is 186 Å². The van der Waals surface area contributed by atoms with Gasteiger partial charge in [0.15, 0.2) is 5.78 Å². The third kappa shape index (κ3) is 6.93. The average Bonchev–Trinajstić information content (AvgIpc) is 3.04. The Kier molecular flexibility index (Phi) is 8.65. The van der Waals surface area contributed by atoms with Crippen LogP contribution in [0.25, 0.3) is 0 Å². The van der Waals surface area contributed by atoms with Crippen LogP contribution in [0.1, 0.15) is 54.1 Å². The van der Waals surface area contributed by atoms with Gasteiger partial charge in [0, 0.05) is 51.1 Å². The van der Waals surface area contributed by atoms with Gasteiger partial charge in [-0.05, 0) is 36.1 Å². The molecule has 0 N–H and O–H groups in total. The van der Waals surface area contributed by atoms with Crippen LogP contribution in [0.3, 0.4) is 0 Å². The zero-order valence-electron chi connectivity index (χ0n) is 18.8. The van der Waals surface area contributed by atoms with E-state index in [9.17, 15) is 9.59 Å². The fraction of sp³-hybridized carbons (Fsp3) is 0.462. The molecule has 3 rings (SSSR count). The lowest BCUT2D eigenvalue weighted by atomic mass is 10.0. The number of ketones is 1. The summed E-state index contributed by atoms with van der Waals surface area (Å²) in [5, 5.41) is 0. The molecule has 0 aromatic heterocycles. The molecule has 1 amide bonds. The van der Waals surface area contributed by atoms with Crippen molar-refractivity contribution in [3.05, 3.63) is 65.2 Å². The lowest BCUT2D eigenvalue weighted by Gasteiger charge is -2.22. The Morgan fingerprint density at radius 1 is 0.871 bits per heavy atom. The largest absolute Gasteiger partial charge is 0.497 e. The first-order valence-electron chi connectivity index (χ1n) is 11.3. The molecule has 5 nitrogen and oxygen atoms in total. The van der Waals surface area contributed by atoms with E-state index in [0.717, 1.165) is 57.7 Å². The number of nitrogens with zero attached hydrogens (tertiary/aromatic N) is 2. The Balaban J connectivity index is 1.44. The molecule has 0 aliphatic carbocycles. The number of carbonyl (C=O) groups excluding carboxylic acids is 2. The van der Waals surface area contributed by atoms with Crippen molar-refractivity contribution in [3.8, 4) is 5.75 Å². The number of amides is 1. The van der Waals surface area contributed by atoms with Crippen molar-refractivity contribution in [1.82, 2.24) is 9.80 Å². The summed E-state index contributed by atoms with van der Waals surface area (Å²) in [7, 11) is 1.67. The summed E-state index contributed by atoms with van der Waals surface area (Å²) in [5.41, 5.74) is 3.20. The number of carbonyl (C=O) groups is 2. The highest BCUT2D eigenvalue weighted by Crippen LogP contribution is 2.15. The smallest absolute Gasteiger partial charge is 0.223 e. The van der Waals surface area contributed by atoms with Gasteiger partial charge in [-0.3, -0.25) is 14.5 Å². The first-order chi connectivity index (χ1) is 15.1. The van der Waals surface area contributed by atoms with Gasteiger partial charge in [0.05, 0.1) is 7.11 Å². The standard InChI is InChI=1S/C26H34N2O3/c1-3-5-21-6-10-23(11-7-21)25(29)14-15-26(30)28-17-4-16-27(18-19-28)20-22-8-12-24(31-2)13-9-22/h6-13H,3-5,14-20H2,1-2H3. The van der Waals surface area contributed by atoms with Crippen LogP contribution in [0, 0.1) is 0 Å². The Hall–Kier alpha value is -2.66. The van der Waals surface area contributed by atoms with Crippen LogP contribution < -0.4 is 4.74 Å². The minimum absolute atomic E-state index is 0.0485. The topological polar surface area (TPSA) is 49.9 Å². The number of benzene rings is 2. The summed E-state index contributed by atoms with van der Waals surface area (Å²) in [5.74, 6) is 0.998. The summed E-state index contributed by atoms with van der Waals surface area (Å²) in [4.78, 5) is 29.5. The lowest BCUT2D eigenvalue weighted by molar-refractivity contribution is -0.131. The fourth-order valence-electron chi connectivity index (χ4n) is 4.04. The van der Waals surface area contributed by atoms with Crippen molar-refractivity contribution in [2.75, 3.05) is 33.3 Å². The van der Waals surface area contributed by atoms with Crippen molar-refractivity contribution in [2.24, 2.45) is 0 Å². The highest BCUT2D eigenvalue weighted by molar-refractivity contribution is 5.98. The van der Waals surface area contributed by atoms with Gasteiger partial charge in [-0.25, -0.2) is 0 Å². The SMILES string of the molecule is CCCc1ccc(C(=O)CCC(=O)N2CCCN(Cc3ccc(OC)cc3)CC2)cc1. The molecule has 166 valence electrons. The molecule has 2 aromatic rings. The monoisotopic (exact) mass is 422 g/mol. The van der Waals surface area contributed by atoms with Crippen LogP contribution in [0.4, 0.5) is 0 Å². The van der Waals surface area contributed by atoms with E-state index in [0.29, 0.717) is 5.56 Å². The summed E-state index contributed by atoms with van der Waals surface area (Å²) < 4.78 is 5.22. The molecule has 1 saturated heterocycles. The zero-order chi connectivity index (χ0) is 22.1. The highest BCUT2D eigenvalue weighted by Gasteiger charge is 2.20. The molecule has 1 heterocycles. The molecule has 5 heteroatoms. The highest BCUT2D eigenvalue weighted by atomic mass is 16.5. The first kappa shape index (κ1) is 23.0. The molecule has 0 spiro atoms. The van der Waals surface area contributed by atoms with E-state index in [1.807, 2.05) is 41.3 Å².